The van der Waals surface area contributed by atoms with Gasteiger partial charge in [-0.3, -0.25) is 4.79 Å². The summed E-state index contributed by atoms with van der Waals surface area (Å²) in [5.41, 5.74) is 0. The fraction of sp³-hybridized carbons (Fsp3) is 0.800. The lowest BCUT2D eigenvalue weighted by Crippen LogP contribution is -2.25. The molecule has 0 rings (SSSR count). The number of hydrogen-bond donors (Lipinski definition) is 1. The Labute approximate surface area is 85.2 Å². The molecule has 0 aliphatic carbocycles. The van der Waals surface area contributed by atoms with Crippen molar-refractivity contribution in [1.29, 1.82) is 5.26 Å². The number of carbonyl (C=O) groups excluding carboxylic acids is 1. The van der Waals surface area contributed by atoms with Crippen LogP contribution < -0.4 is 5.32 Å². The van der Waals surface area contributed by atoms with E-state index in [4.69, 9.17) is 10.00 Å². The average molecular weight is 198 g/mol. The molecule has 1 amide bonds. The summed E-state index contributed by atoms with van der Waals surface area (Å²) in [4.78, 5) is 11.1. The lowest BCUT2D eigenvalue weighted by molar-refractivity contribution is -0.122. The minimum atomic E-state index is -0.000886. The molecular formula is C10H18N2O2. The number of nitriles is 1. The highest BCUT2D eigenvalue weighted by Crippen LogP contribution is 1.87. The lowest BCUT2D eigenvalue weighted by atomic mass is 10.3. The number of carbonyl (C=O) groups is 1. The van der Waals surface area contributed by atoms with Gasteiger partial charge in [0.2, 0.25) is 5.91 Å². The van der Waals surface area contributed by atoms with Crippen molar-refractivity contribution in [3.63, 3.8) is 0 Å². The smallest absolute Gasteiger partial charge is 0.222 e. The highest BCUT2D eigenvalue weighted by atomic mass is 16.5. The number of unbranched alkanes of at least 4 members (excludes halogenated alkanes) is 1. The van der Waals surface area contributed by atoms with Crippen LogP contribution in [0, 0.1) is 11.3 Å². The Balaban J connectivity index is 3.16. The minimum absolute atomic E-state index is 0.000886. The molecule has 0 aliphatic rings. The third-order valence-corrected chi connectivity index (χ3v) is 1.61. The van der Waals surface area contributed by atoms with Gasteiger partial charge < -0.3 is 10.1 Å². The number of hydrogen-bond acceptors (Lipinski definition) is 3. The Hall–Kier alpha value is -1.08. The van der Waals surface area contributed by atoms with Crippen molar-refractivity contribution >= 4 is 5.91 Å². The van der Waals surface area contributed by atoms with E-state index in [1.54, 1.807) is 0 Å². The minimum Gasteiger partial charge on any atom is -0.381 e. The molecule has 4 heteroatoms. The Morgan fingerprint density at radius 2 is 2.29 bits per heavy atom. The molecule has 0 aromatic carbocycles. The molecular weight excluding hydrogens is 180 g/mol. The normalized spacial score (nSPS) is 9.43. The van der Waals surface area contributed by atoms with Crippen LogP contribution in [0.3, 0.4) is 0 Å². The first kappa shape index (κ1) is 12.9. The highest BCUT2D eigenvalue weighted by Gasteiger charge is 1.99. The molecule has 0 spiro atoms. The molecule has 14 heavy (non-hydrogen) atoms. The van der Waals surface area contributed by atoms with Crippen molar-refractivity contribution in [3.8, 4) is 6.07 Å². The molecule has 1 N–H and O–H groups in total. The molecule has 0 saturated heterocycles. The molecule has 0 aromatic rings. The summed E-state index contributed by atoms with van der Waals surface area (Å²) in [6, 6.07) is 2.03. The third-order valence-electron chi connectivity index (χ3n) is 1.61. The first-order valence-corrected chi connectivity index (χ1v) is 5.02. The van der Waals surface area contributed by atoms with Crippen LogP contribution in [0.15, 0.2) is 0 Å². The van der Waals surface area contributed by atoms with E-state index >= 15 is 0 Å². The summed E-state index contributed by atoms with van der Waals surface area (Å²) >= 11 is 0. The Bertz CT molecular complexity index is 187. The second kappa shape index (κ2) is 10.0. The molecule has 0 aromatic heterocycles. The predicted octanol–water partition coefficient (Wildman–Crippen LogP) is 1.22. The lowest BCUT2D eigenvalue weighted by Gasteiger charge is -2.03. The van der Waals surface area contributed by atoms with Gasteiger partial charge in [-0.1, -0.05) is 6.92 Å². The van der Waals surface area contributed by atoms with Gasteiger partial charge in [-0.05, 0) is 12.8 Å². The molecule has 4 nitrogen and oxygen atoms in total. The number of nitrogens with zero attached hydrogens (tertiary/aromatic N) is 1. The van der Waals surface area contributed by atoms with Gasteiger partial charge in [0.1, 0.15) is 0 Å². The van der Waals surface area contributed by atoms with E-state index in [1.165, 1.54) is 0 Å². The van der Waals surface area contributed by atoms with Gasteiger partial charge in [-0.25, -0.2) is 0 Å². The Kier molecular flexibility index (Phi) is 9.23. The van der Waals surface area contributed by atoms with Gasteiger partial charge in [0.05, 0.1) is 12.7 Å². The van der Waals surface area contributed by atoms with Crippen LogP contribution in [0.2, 0.25) is 0 Å². The van der Waals surface area contributed by atoms with Crippen molar-refractivity contribution in [2.75, 3.05) is 19.8 Å². The van der Waals surface area contributed by atoms with Crippen LogP contribution in [-0.2, 0) is 9.53 Å². The molecule has 80 valence electrons. The van der Waals surface area contributed by atoms with Crippen LogP contribution in [-0.4, -0.2) is 25.7 Å². The van der Waals surface area contributed by atoms with E-state index in [0.717, 1.165) is 12.8 Å². The van der Waals surface area contributed by atoms with Crippen molar-refractivity contribution in [2.24, 2.45) is 0 Å². The zero-order chi connectivity index (χ0) is 10.6. The molecule has 0 atom stereocenters. The van der Waals surface area contributed by atoms with Gasteiger partial charge in [0.15, 0.2) is 0 Å². The van der Waals surface area contributed by atoms with Gasteiger partial charge in [-0.2, -0.15) is 5.26 Å². The Morgan fingerprint density at radius 1 is 1.50 bits per heavy atom. The van der Waals surface area contributed by atoms with Gasteiger partial charge >= 0.3 is 0 Å². The van der Waals surface area contributed by atoms with Crippen molar-refractivity contribution in [1.82, 2.24) is 5.32 Å². The van der Waals surface area contributed by atoms with Gasteiger partial charge in [0.25, 0.3) is 0 Å². The summed E-state index contributed by atoms with van der Waals surface area (Å²) in [6.07, 6.45) is 2.60. The fourth-order valence-electron chi connectivity index (χ4n) is 0.895. The topological polar surface area (TPSA) is 62.1 Å². The van der Waals surface area contributed by atoms with Crippen LogP contribution in [0.4, 0.5) is 0 Å². The molecule has 0 aliphatic heterocycles. The highest BCUT2D eigenvalue weighted by molar-refractivity contribution is 5.75. The molecule has 0 unspecified atom stereocenters. The van der Waals surface area contributed by atoms with E-state index in [2.05, 4.69) is 5.32 Å². The van der Waals surface area contributed by atoms with Crippen LogP contribution in [0.5, 0.6) is 0 Å². The van der Waals surface area contributed by atoms with Crippen molar-refractivity contribution in [2.45, 2.75) is 32.6 Å². The van der Waals surface area contributed by atoms with E-state index < -0.39 is 0 Å². The quantitative estimate of drug-likeness (QED) is 0.596. The number of ether oxygens (including phenoxy) is 1. The number of amides is 1. The summed E-state index contributed by atoms with van der Waals surface area (Å²) in [7, 11) is 0. The average Bonchev–Trinajstić information content (AvgIpc) is 2.19. The predicted molar refractivity (Wildman–Crippen MR) is 53.6 cm³/mol. The van der Waals surface area contributed by atoms with Crippen molar-refractivity contribution in [3.05, 3.63) is 0 Å². The largest absolute Gasteiger partial charge is 0.381 e. The third kappa shape index (κ3) is 9.01. The first-order chi connectivity index (χ1) is 6.81. The maximum absolute atomic E-state index is 11.1. The maximum atomic E-state index is 11.1. The molecule has 0 bridgehead atoms. The van der Waals surface area contributed by atoms with E-state index in [-0.39, 0.29) is 5.91 Å². The van der Waals surface area contributed by atoms with Gasteiger partial charge in [0, 0.05) is 26.0 Å². The van der Waals surface area contributed by atoms with E-state index in [0.29, 0.717) is 32.6 Å². The second-order valence-corrected chi connectivity index (χ2v) is 2.97. The second-order valence-electron chi connectivity index (χ2n) is 2.97. The zero-order valence-electron chi connectivity index (χ0n) is 8.71. The standard InChI is InChI=1S/C10H18N2O2/c1-2-8-14-9-5-10(13)12-7-4-3-6-11/h2-5,7-9H2,1H3,(H,12,13). The molecule has 0 radical (unpaired) electrons. The van der Waals surface area contributed by atoms with Gasteiger partial charge in [-0.15, -0.1) is 0 Å². The monoisotopic (exact) mass is 198 g/mol. The maximum Gasteiger partial charge on any atom is 0.222 e. The Morgan fingerprint density at radius 3 is 2.93 bits per heavy atom. The summed E-state index contributed by atoms with van der Waals surface area (Å²) < 4.78 is 5.17. The summed E-state index contributed by atoms with van der Waals surface area (Å²) in [6.45, 7) is 3.81. The van der Waals surface area contributed by atoms with Crippen LogP contribution >= 0.6 is 0 Å². The molecule has 0 fully saturated rings. The van der Waals surface area contributed by atoms with E-state index in [1.807, 2.05) is 13.0 Å². The zero-order valence-corrected chi connectivity index (χ0v) is 8.71. The molecule has 0 heterocycles. The molecule has 0 saturated carbocycles. The fourth-order valence-corrected chi connectivity index (χ4v) is 0.895. The number of nitrogens with one attached hydrogen (secondary N) is 1. The summed E-state index contributed by atoms with van der Waals surface area (Å²) in [5, 5.41) is 11.0. The van der Waals surface area contributed by atoms with Crippen LogP contribution in [0.25, 0.3) is 0 Å². The SMILES string of the molecule is CCCOCCC(=O)NCCCC#N. The summed E-state index contributed by atoms with van der Waals surface area (Å²) in [5.74, 6) is -0.000886. The van der Waals surface area contributed by atoms with E-state index in [9.17, 15) is 4.79 Å². The first-order valence-electron chi connectivity index (χ1n) is 5.02. The van der Waals surface area contributed by atoms with Crippen LogP contribution in [0.1, 0.15) is 32.6 Å². The number of rotatable bonds is 8. The van der Waals surface area contributed by atoms with Crippen molar-refractivity contribution < 1.29 is 9.53 Å².